The molecule has 0 aliphatic rings. The van der Waals surface area contributed by atoms with Crippen molar-refractivity contribution in [3.63, 3.8) is 0 Å². The summed E-state index contributed by atoms with van der Waals surface area (Å²) in [4.78, 5) is 4.08. The fourth-order valence-electron chi connectivity index (χ4n) is 3.18. The topological polar surface area (TPSA) is 34.1 Å². The smallest absolute Gasteiger partial charge is 0.192 e. The molecule has 2 aromatic rings. The van der Waals surface area contributed by atoms with E-state index in [1.807, 2.05) is 18.2 Å². The van der Waals surface area contributed by atoms with Gasteiger partial charge in [0.2, 0.25) is 0 Å². The SMILES string of the molecule is CC[Si](CC)(CC)OC(CNCc1ccccc1)c1c(Cl)cncc1Cl. The van der Waals surface area contributed by atoms with Crippen molar-refractivity contribution < 1.29 is 4.43 Å². The molecule has 6 heteroatoms. The molecule has 26 heavy (non-hydrogen) atoms. The molecule has 142 valence electrons. The van der Waals surface area contributed by atoms with Gasteiger partial charge in [0.1, 0.15) is 0 Å². The van der Waals surface area contributed by atoms with Crippen molar-refractivity contribution in [3.8, 4) is 0 Å². The highest BCUT2D eigenvalue weighted by Gasteiger charge is 2.33. The van der Waals surface area contributed by atoms with Gasteiger partial charge in [-0.2, -0.15) is 0 Å². The first-order chi connectivity index (χ1) is 12.5. The molecule has 0 aliphatic heterocycles. The van der Waals surface area contributed by atoms with Crippen molar-refractivity contribution >= 4 is 31.5 Å². The Morgan fingerprint density at radius 3 is 2.12 bits per heavy atom. The molecule has 2 rings (SSSR count). The molecule has 1 heterocycles. The minimum atomic E-state index is -1.82. The first-order valence-electron chi connectivity index (χ1n) is 9.26. The lowest BCUT2D eigenvalue weighted by Crippen LogP contribution is -2.40. The lowest BCUT2D eigenvalue weighted by atomic mass is 10.1. The molecule has 1 N–H and O–H groups in total. The lowest BCUT2D eigenvalue weighted by Gasteiger charge is -2.34. The highest BCUT2D eigenvalue weighted by Crippen LogP contribution is 2.36. The summed E-state index contributed by atoms with van der Waals surface area (Å²) < 4.78 is 6.75. The van der Waals surface area contributed by atoms with Crippen molar-refractivity contribution in [3.05, 3.63) is 63.9 Å². The van der Waals surface area contributed by atoms with Gasteiger partial charge in [0.25, 0.3) is 0 Å². The predicted octanol–water partition coefficient (Wildman–Crippen LogP) is 6.24. The molecule has 1 atom stereocenters. The number of nitrogens with zero attached hydrogens (tertiary/aromatic N) is 1. The Labute approximate surface area is 168 Å². The van der Waals surface area contributed by atoms with Gasteiger partial charge in [-0.25, -0.2) is 0 Å². The number of benzene rings is 1. The third-order valence-electron chi connectivity index (χ3n) is 5.04. The fraction of sp³-hybridized carbons (Fsp3) is 0.450. The maximum atomic E-state index is 6.75. The second kappa shape index (κ2) is 10.4. The van der Waals surface area contributed by atoms with Crippen LogP contribution in [0.5, 0.6) is 0 Å². The molecule has 0 radical (unpaired) electrons. The number of rotatable bonds is 10. The van der Waals surface area contributed by atoms with Gasteiger partial charge >= 0.3 is 0 Å². The molecular formula is C20H28Cl2N2OSi. The van der Waals surface area contributed by atoms with Gasteiger partial charge in [-0.3, -0.25) is 4.98 Å². The summed E-state index contributed by atoms with van der Waals surface area (Å²) in [5.41, 5.74) is 2.08. The summed E-state index contributed by atoms with van der Waals surface area (Å²) in [5.74, 6) is 0. The van der Waals surface area contributed by atoms with Crippen molar-refractivity contribution in [1.29, 1.82) is 0 Å². The third-order valence-corrected chi connectivity index (χ3v) is 10.3. The van der Waals surface area contributed by atoms with Gasteiger partial charge in [-0.15, -0.1) is 0 Å². The molecule has 0 saturated heterocycles. The maximum Gasteiger partial charge on any atom is 0.192 e. The molecule has 0 aliphatic carbocycles. The van der Waals surface area contributed by atoms with Crippen molar-refractivity contribution in [2.75, 3.05) is 6.54 Å². The van der Waals surface area contributed by atoms with E-state index in [9.17, 15) is 0 Å². The minimum absolute atomic E-state index is 0.173. The van der Waals surface area contributed by atoms with Crippen LogP contribution in [0.2, 0.25) is 28.2 Å². The average Bonchev–Trinajstić information content (AvgIpc) is 2.66. The molecule has 3 nitrogen and oxygen atoms in total. The largest absolute Gasteiger partial charge is 0.409 e. The van der Waals surface area contributed by atoms with E-state index < -0.39 is 8.32 Å². The van der Waals surface area contributed by atoms with Crippen LogP contribution in [0.1, 0.15) is 38.0 Å². The van der Waals surface area contributed by atoms with E-state index in [0.717, 1.165) is 30.2 Å². The molecule has 0 saturated carbocycles. The highest BCUT2D eigenvalue weighted by molar-refractivity contribution is 6.73. The summed E-state index contributed by atoms with van der Waals surface area (Å²) in [6.07, 6.45) is 3.11. The number of hydrogen-bond acceptors (Lipinski definition) is 3. The minimum Gasteiger partial charge on any atom is -0.409 e. The third kappa shape index (κ3) is 5.54. The normalized spacial score (nSPS) is 13.0. The van der Waals surface area contributed by atoms with E-state index in [1.54, 1.807) is 12.4 Å². The summed E-state index contributed by atoms with van der Waals surface area (Å²) in [6.45, 7) is 8.11. The molecule has 0 spiro atoms. The van der Waals surface area contributed by atoms with E-state index in [1.165, 1.54) is 5.56 Å². The number of hydrogen-bond donors (Lipinski definition) is 1. The van der Waals surface area contributed by atoms with E-state index in [0.29, 0.717) is 16.6 Å². The van der Waals surface area contributed by atoms with E-state index in [-0.39, 0.29) is 6.10 Å². The summed E-state index contributed by atoms with van der Waals surface area (Å²) in [7, 11) is -1.82. The quantitative estimate of drug-likeness (QED) is 0.470. The Balaban J connectivity index is 2.21. The number of pyridine rings is 1. The van der Waals surface area contributed by atoms with E-state index in [4.69, 9.17) is 27.6 Å². The molecule has 1 aromatic carbocycles. The first kappa shape index (κ1) is 21.4. The van der Waals surface area contributed by atoms with Gasteiger partial charge in [-0.05, 0) is 23.7 Å². The van der Waals surface area contributed by atoms with Crippen LogP contribution in [0.3, 0.4) is 0 Å². The zero-order chi connectivity index (χ0) is 19.0. The second-order valence-corrected chi connectivity index (χ2v) is 12.0. The molecule has 0 fully saturated rings. The first-order valence-corrected chi connectivity index (χ1v) is 12.5. The lowest BCUT2D eigenvalue weighted by molar-refractivity contribution is 0.186. The second-order valence-electron chi connectivity index (χ2n) is 6.48. The molecule has 1 aromatic heterocycles. The van der Waals surface area contributed by atoms with Crippen molar-refractivity contribution in [1.82, 2.24) is 10.3 Å². The van der Waals surface area contributed by atoms with Crippen LogP contribution in [0.15, 0.2) is 42.7 Å². The Bertz CT molecular complexity index is 652. The zero-order valence-corrected chi connectivity index (χ0v) is 18.3. The summed E-state index contributed by atoms with van der Waals surface area (Å²) in [5, 5.41) is 4.64. The van der Waals surface area contributed by atoms with E-state index >= 15 is 0 Å². The zero-order valence-electron chi connectivity index (χ0n) is 15.8. The van der Waals surface area contributed by atoms with Crippen molar-refractivity contribution in [2.24, 2.45) is 0 Å². The van der Waals surface area contributed by atoms with Crippen LogP contribution in [-0.4, -0.2) is 19.8 Å². The number of nitrogens with one attached hydrogen (secondary N) is 1. The van der Waals surface area contributed by atoms with Crippen LogP contribution >= 0.6 is 23.2 Å². The molecule has 0 amide bonds. The van der Waals surface area contributed by atoms with Crippen LogP contribution < -0.4 is 5.32 Å². The van der Waals surface area contributed by atoms with E-state index in [2.05, 4.69) is 43.2 Å². The Morgan fingerprint density at radius 1 is 1.00 bits per heavy atom. The Morgan fingerprint density at radius 2 is 1.58 bits per heavy atom. The molecular weight excluding hydrogens is 383 g/mol. The number of aromatic nitrogens is 1. The Hall–Kier alpha value is -0.913. The van der Waals surface area contributed by atoms with Crippen molar-refractivity contribution in [2.45, 2.75) is 51.6 Å². The maximum absolute atomic E-state index is 6.75. The summed E-state index contributed by atoms with van der Waals surface area (Å²) >= 11 is 12.9. The van der Waals surface area contributed by atoms with Gasteiger partial charge in [-0.1, -0.05) is 74.3 Å². The molecule has 0 bridgehead atoms. The van der Waals surface area contributed by atoms with Gasteiger partial charge in [0.15, 0.2) is 8.32 Å². The van der Waals surface area contributed by atoms with Crippen LogP contribution in [0, 0.1) is 0 Å². The van der Waals surface area contributed by atoms with Crippen LogP contribution in [-0.2, 0) is 11.0 Å². The Kier molecular flexibility index (Phi) is 8.58. The highest BCUT2D eigenvalue weighted by atomic mass is 35.5. The number of halogens is 2. The van der Waals surface area contributed by atoms with Gasteiger partial charge < -0.3 is 9.74 Å². The van der Waals surface area contributed by atoms with Gasteiger partial charge in [0.05, 0.1) is 16.1 Å². The standard InChI is InChI=1S/C20H28Cl2N2OSi/c1-4-26(5-2,6-3)25-19(20-17(21)13-24-14-18(20)22)15-23-12-16-10-8-7-9-11-16/h7-11,13-14,19,23H,4-6,12,15H2,1-3H3. The van der Waals surface area contributed by atoms with Gasteiger partial charge in [0, 0.05) is 31.0 Å². The predicted molar refractivity (Wildman–Crippen MR) is 113 cm³/mol. The fourth-order valence-corrected chi connectivity index (χ4v) is 6.59. The monoisotopic (exact) mass is 410 g/mol. The van der Waals surface area contributed by atoms with Crippen LogP contribution in [0.4, 0.5) is 0 Å². The summed E-state index contributed by atoms with van der Waals surface area (Å²) in [6, 6.07) is 13.6. The molecule has 1 unspecified atom stereocenters. The van der Waals surface area contributed by atoms with Crippen LogP contribution in [0.25, 0.3) is 0 Å². The average molecular weight is 411 g/mol.